The highest BCUT2D eigenvalue weighted by Crippen LogP contribution is 2.26. The van der Waals surface area contributed by atoms with Crippen LogP contribution in [0.4, 0.5) is 5.69 Å². The van der Waals surface area contributed by atoms with Crippen LogP contribution in [0.3, 0.4) is 0 Å². The summed E-state index contributed by atoms with van der Waals surface area (Å²) in [5.74, 6) is 0.866. The molecule has 0 aromatic heterocycles. The van der Waals surface area contributed by atoms with Crippen LogP contribution in [0.5, 0.6) is 5.75 Å². The van der Waals surface area contributed by atoms with Crippen LogP contribution < -0.4 is 15.4 Å². The predicted octanol–water partition coefficient (Wildman–Crippen LogP) is 1.62. The zero-order valence-electron chi connectivity index (χ0n) is 11.5. The Morgan fingerprint density at radius 2 is 2.06 bits per heavy atom. The Balaban J connectivity index is 2.53. The van der Waals surface area contributed by atoms with Crippen LogP contribution in [-0.4, -0.2) is 38.0 Å². The number of nitrogens with zero attached hydrogens (tertiary/aromatic N) is 1. The largest absolute Gasteiger partial charge is 0.495 e. The summed E-state index contributed by atoms with van der Waals surface area (Å²) in [5.41, 5.74) is 5.80. The fourth-order valence-corrected chi connectivity index (χ4v) is 1.86. The second-order valence-electron chi connectivity index (χ2n) is 4.90. The Kier molecular flexibility index (Phi) is 5.44. The molecule has 0 bridgehead atoms. The minimum atomic E-state index is -0.762. The van der Waals surface area contributed by atoms with E-state index in [1.165, 1.54) is 0 Å². The van der Waals surface area contributed by atoms with Crippen molar-refractivity contribution in [3.05, 3.63) is 24.3 Å². The van der Waals surface area contributed by atoms with Gasteiger partial charge in [-0.15, -0.1) is 0 Å². The first kappa shape index (κ1) is 14.8. The Bertz CT molecular complexity index is 367. The van der Waals surface area contributed by atoms with Crippen molar-refractivity contribution in [2.24, 2.45) is 5.73 Å². The fraction of sp³-hybridized carbons (Fsp3) is 0.571. The Labute approximate surface area is 109 Å². The van der Waals surface area contributed by atoms with E-state index in [0.717, 1.165) is 24.4 Å². The van der Waals surface area contributed by atoms with Gasteiger partial charge in [-0.1, -0.05) is 12.1 Å². The van der Waals surface area contributed by atoms with Crippen molar-refractivity contribution >= 4 is 5.69 Å². The molecule has 1 aromatic carbocycles. The highest BCUT2D eigenvalue weighted by atomic mass is 16.5. The van der Waals surface area contributed by atoms with Gasteiger partial charge in [-0.25, -0.2) is 0 Å². The Morgan fingerprint density at radius 1 is 1.39 bits per heavy atom. The third-order valence-electron chi connectivity index (χ3n) is 3.15. The Hall–Kier alpha value is -1.26. The third kappa shape index (κ3) is 4.20. The first-order chi connectivity index (χ1) is 8.50. The molecule has 3 N–H and O–H groups in total. The van der Waals surface area contributed by atoms with E-state index in [-0.39, 0.29) is 0 Å². The van der Waals surface area contributed by atoms with Crippen LogP contribution in [0.2, 0.25) is 0 Å². The number of para-hydroxylation sites is 2. The van der Waals surface area contributed by atoms with Gasteiger partial charge in [0.1, 0.15) is 5.75 Å². The van der Waals surface area contributed by atoms with E-state index in [1.54, 1.807) is 14.0 Å². The summed E-state index contributed by atoms with van der Waals surface area (Å²) in [4.78, 5) is 2.13. The number of aliphatic hydroxyl groups is 1. The van der Waals surface area contributed by atoms with Gasteiger partial charge >= 0.3 is 0 Å². The molecule has 4 nitrogen and oxygen atoms in total. The molecule has 0 amide bonds. The SMILES string of the molecule is COc1ccccc1N(C)CCCC(C)(O)CN. The molecule has 0 aliphatic carbocycles. The quantitative estimate of drug-likeness (QED) is 0.774. The molecule has 1 rings (SSSR count). The second kappa shape index (κ2) is 6.61. The monoisotopic (exact) mass is 252 g/mol. The van der Waals surface area contributed by atoms with Crippen molar-refractivity contribution in [2.75, 3.05) is 32.1 Å². The molecule has 1 aromatic rings. The molecule has 18 heavy (non-hydrogen) atoms. The lowest BCUT2D eigenvalue weighted by Crippen LogP contribution is -2.35. The summed E-state index contributed by atoms with van der Waals surface area (Å²) >= 11 is 0. The number of nitrogens with two attached hydrogens (primary N) is 1. The molecule has 0 heterocycles. The van der Waals surface area contributed by atoms with E-state index in [9.17, 15) is 5.11 Å². The lowest BCUT2D eigenvalue weighted by atomic mass is 10.0. The normalized spacial score (nSPS) is 14.1. The van der Waals surface area contributed by atoms with Gasteiger partial charge < -0.3 is 20.5 Å². The minimum Gasteiger partial charge on any atom is -0.495 e. The molecule has 0 radical (unpaired) electrons. The molecule has 0 aliphatic rings. The lowest BCUT2D eigenvalue weighted by molar-refractivity contribution is 0.0585. The molecule has 0 aliphatic heterocycles. The van der Waals surface area contributed by atoms with Crippen molar-refractivity contribution in [3.63, 3.8) is 0 Å². The maximum absolute atomic E-state index is 9.84. The molecule has 0 saturated heterocycles. The van der Waals surface area contributed by atoms with E-state index in [1.807, 2.05) is 31.3 Å². The van der Waals surface area contributed by atoms with E-state index in [2.05, 4.69) is 4.90 Å². The summed E-state index contributed by atoms with van der Waals surface area (Å²) in [6.07, 6.45) is 1.59. The molecule has 102 valence electrons. The molecule has 0 saturated carbocycles. The zero-order valence-corrected chi connectivity index (χ0v) is 11.5. The van der Waals surface area contributed by atoms with E-state index >= 15 is 0 Å². The fourth-order valence-electron chi connectivity index (χ4n) is 1.86. The number of benzene rings is 1. The summed E-state index contributed by atoms with van der Waals surface area (Å²) in [5, 5.41) is 9.84. The average molecular weight is 252 g/mol. The van der Waals surface area contributed by atoms with Crippen molar-refractivity contribution in [3.8, 4) is 5.75 Å². The van der Waals surface area contributed by atoms with Gasteiger partial charge in [0.2, 0.25) is 0 Å². The summed E-state index contributed by atoms with van der Waals surface area (Å²) in [6.45, 7) is 2.93. The van der Waals surface area contributed by atoms with Gasteiger partial charge in [-0.3, -0.25) is 0 Å². The predicted molar refractivity (Wildman–Crippen MR) is 75.2 cm³/mol. The first-order valence-corrected chi connectivity index (χ1v) is 6.27. The number of ether oxygens (including phenoxy) is 1. The van der Waals surface area contributed by atoms with Crippen LogP contribution in [0.15, 0.2) is 24.3 Å². The van der Waals surface area contributed by atoms with Crippen LogP contribution in [0, 0.1) is 0 Å². The summed E-state index contributed by atoms with van der Waals surface area (Å²) < 4.78 is 5.32. The van der Waals surface area contributed by atoms with Gasteiger partial charge in [0, 0.05) is 20.1 Å². The molecular formula is C14H24N2O2. The maximum Gasteiger partial charge on any atom is 0.142 e. The van der Waals surface area contributed by atoms with Crippen molar-refractivity contribution in [1.29, 1.82) is 0 Å². The lowest BCUT2D eigenvalue weighted by Gasteiger charge is -2.25. The number of anilines is 1. The van der Waals surface area contributed by atoms with Crippen molar-refractivity contribution in [2.45, 2.75) is 25.4 Å². The molecule has 0 fully saturated rings. The molecule has 1 atom stereocenters. The van der Waals surface area contributed by atoms with Crippen LogP contribution in [0.1, 0.15) is 19.8 Å². The van der Waals surface area contributed by atoms with Crippen LogP contribution >= 0.6 is 0 Å². The van der Waals surface area contributed by atoms with Gasteiger partial charge in [-0.2, -0.15) is 0 Å². The highest BCUT2D eigenvalue weighted by molar-refractivity contribution is 5.57. The second-order valence-corrected chi connectivity index (χ2v) is 4.90. The summed E-state index contributed by atoms with van der Waals surface area (Å²) in [6, 6.07) is 7.92. The molecule has 1 unspecified atom stereocenters. The number of hydrogen-bond donors (Lipinski definition) is 2. The Morgan fingerprint density at radius 3 is 2.67 bits per heavy atom. The van der Waals surface area contributed by atoms with Gasteiger partial charge in [0.25, 0.3) is 0 Å². The van der Waals surface area contributed by atoms with E-state index in [4.69, 9.17) is 10.5 Å². The number of rotatable bonds is 7. The average Bonchev–Trinajstić information content (AvgIpc) is 2.38. The summed E-state index contributed by atoms with van der Waals surface area (Å²) in [7, 11) is 3.70. The van der Waals surface area contributed by atoms with Gasteiger partial charge in [0.05, 0.1) is 18.4 Å². The van der Waals surface area contributed by atoms with Crippen LogP contribution in [-0.2, 0) is 0 Å². The van der Waals surface area contributed by atoms with Gasteiger partial charge in [-0.05, 0) is 31.9 Å². The maximum atomic E-state index is 9.84. The van der Waals surface area contributed by atoms with Crippen molar-refractivity contribution < 1.29 is 9.84 Å². The van der Waals surface area contributed by atoms with Crippen molar-refractivity contribution in [1.82, 2.24) is 0 Å². The zero-order chi connectivity index (χ0) is 13.6. The number of hydrogen-bond acceptors (Lipinski definition) is 4. The topological polar surface area (TPSA) is 58.7 Å². The van der Waals surface area contributed by atoms with Gasteiger partial charge in [0.15, 0.2) is 0 Å². The first-order valence-electron chi connectivity index (χ1n) is 6.27. The standard InChI is InChI=1S/C14H24N2O2/c1-14(17,11-15)9-6-10-16(2)12-7-4-5-8-13(12)18-3/h4-5,7-8,17H,6,9-11,15H2,1-3H3. The van der Waals surface area contributed by atoms with E-state index in [0.29, 0.717) is 13.0 Å². The minimum absolute atomic E-state index is 0.297. The number of methoxy groups -OCH3 is 1. The highest BCUT2D eigenvalue weighted by Gasteiger charge is 2.17. The third-order valence-corrected chi connectivity index (χ3v) is 3.15. The molecule has 4 heteroatoms. The molecule has 0 spiro atoms. The van der Waals surface area contributed by atoms with Crippen LogP contribution in [0.25, 0.3) is 0 Å². The smallest absolute Gasteiger partial charge is 0.142 e. The van der Waals surface area contributed by atoms with E-state index < -0.39 is 5.60 Å². The molecular weight excluding hydrogens is 228 g/mol.